The van der Waals surface area contributed by atoms with Gasteiger partial charge in [-0.2, -0.15) is 5.10 Å². The van der Waals surface area contributed by atoms with Crippen molar-refractivity contribution in [1.82, 2.24) is 15.1 Å². The van der Waals surface area contributed by atoms with Gasteiger partial charge in [0, 0.05) is 25.1 Å². The fourth-order valence-electron chi connectivity index (χ4n) is 2.86. The summed E-state index contributed by atoms with van der Waals surface area (Å²) < 4.78 is 5.77. The number of ether oxygens (including phenoxy) is 1. The van der Waals surface area contributed by atoms with Gasteiger partial charge in [-0.3, -0.25) is 9.89 Å². The highest BCUT2D eigenvalue weighted by atomic mass is 16.5. The maximum atomic E-state index is 12.7. The van der Waals surface area contributed by atoms with E-state index < -0.39 is 0 Å². The van der Waals surface area contributed by atoms with Gasteiger partial charge in [-0.1, -0.05) is 13.8 Å². The summed E-state index contributed by atoms with van der Waals surface area (Å²) in [5, 5.41) is 7.27. The minimum absolute atomic E-state index is 0.0198. The molecule has 20 heavy (non-hydrogen) atoms. The van der Waals surface area contributed by atoms with Crippen LogP contribution in [0.4, 0.5) is 0 Å². The van der Waals surface area contributed by atoms with Crippen LogP contribution in [0, 0.1) is 0 Å². The number of rotatable bonds is 5. The average molecular weight is 279 g/mol. The number of amides is 1. The van der Waals surface area contributed by atoms with Gasteiger partial charge in [-0.15, -0.1) is 0 Å². The molecule has 0 fully saturated rings. The number of aromatic amines is 1. The van der Waals surface area contributed by atoms with Crippen molar-refractivity contribution in [3.8, 4) is 0 Å². The molecule has 0 spiro atoms. The zero-order chi connectivity index (χ0) is 14.7. The van der Waals surface area contributed by atoms with Gasteiger partial charge in [-0.25, -0.2) is 0 Å². The number of fused-ring (bicyclic) bond motifs is 1. The van der Waals surface area contributed by atoms with Crippen molar-refractivity contribution in [3.05, 3.63) is 17.0 Å². The molecule has 0 unspecified atom stereocenters. The van der Waals surface area contributed by atoms with Crippen molar-refractivity contribution in [2.45, 2.75) is 59.2 Å². The van der Waals surface area contributed by atoms with Gasteiger partial charge in [0.2, 0.25) is 0 Å². The van der Waals surface area contributed by atoms with Gasteiger partial charge in [0.15, 0.2) is 5.69 Å². The Morgan fingerprint density at radius 2 is 2.00 bits per heavy atom. The summed E-state index contributed by atoms with van der Waals surface area (Å²) in [6, 6.07) is 0. The third kappa shape index (κ3) is 2.87. The number of carbonyl (C=O) groups is 1. The summed E-state index contributed by atoms with van der Waals surface area (Å²) in [5.41, 5.74) is 2.58. The predicted molar refractivity (Wildman–Crippen MR) is 77.7 cm³/mol. The molecule has 1 aromatic rings. The molecule has 2 atom stereocenters. The smallest absolute Gasteiger partial charge is 0.274 e. The van der Waals surface area contributed by atoms with Gasteiger partial charge < -0.3 is 9.64 Å². The summed E-state index contributed by atoms with van der Waals surface area (Å²) >= 11 is 0. The maximum Gasteiger partial charge on any atom is 0.274 e. The number of aromatic nitrogens is 2. The fraction of sp³-hybridized carbons (Fsp3) is 0.733. The Balaban J connectivity index is 2.26. The Labute approximate surface area is 120 Å². The third-order valence-electron chi connectivity index (χ3n) is 3.71. The number of nitrogens with one attached hydrogen (secondary N) is 1. The molecular formula is C15H25N3O2. The lowest BCUT2D eigenvalue weighted by molar-refractivity contribution is -0.00702. The van der Waals surface area contributed by atoms with Crippen LogP contribution in [-0.4, -0.2) is 40.2 Å². The van der Waals surface area contributed by atoms with Crippen molar-refractivity contribution in [1.29, 1.82) is 0 Å². The number of hydrogen-bond acceptors (Lipinski definition) is 3. The number of carbonyl (C=O) groups excluding carboxylic acids is 1. The molecule has 1 aliphatic heterocycles. The van der Waals surface area contributed by atoms with Gasteiger partial charge >= 0.3 is 0 Å². The quantitative estimate of drug-likeness (QED) is 0.901. The van der Waals surface area contributed by atoms with Crippen molar-refractivity contribution in [2.24, 2.45) is 0 Å². The van der Waals surface area contributed by atoms with E-state index >= 15 is 0 Å². The molecule has 0 aliphatic carbocycles. The first-order chi connectivity index (χ1) is 9.58. The summed E-state index contributed by atoms with van der Waals surface area (Å²) in [6.07, 6.45) is 2.80. The SMILES string of the molecule is CCCN(CCC)C(=O)c1n[nH]c2c1C[C@H](C)O[C@@H]2C. The van der Waals surface area contributed by atoms with E-state index in [2.05, 4.69) is 24.0 Å². The van der Waals surface area contributed by atoms with Crippen molar-refractivity contribution in [3.63, 3.8) is 0 Å². The molecule has 2 heterocycles. The van der Waals surface area contributed by atoms with Crippen LogP contribution in [0.15, 0.2) is 0 Å². The average Bonchev–Trinajstić information content (AvgIpc) is 2.81. The Kier molecular flexibility index (Phi) is 4.81. The minimum Gasteiger partial charge on any atom is -0.369 e. The van der Waals surface area contributed by atoms with Gasteiger partial charge in [-0.05, 0) is 26.7 Å². The molecule has 1 aromatic heterocycles. The van der Waals surface area contributed by atoms with Crippen molar-refractivity contribution < 1.29 is 9.53 Å². The molecule has 1 N–H and O–H groups in total. The molecular weight excluding hydrogens is 254 g/mol. The molecule has 0 saturated heterocycles. The van der Waals surface area contributed by atoms with Crippen LogP contribution in [0.3, 0.4) is 0 Å². The Morgan fingerprint density at radius 3 is 2.60 bits per heavy atom. The van der Waals surface area contributed by atoms with Crippen LogP contribution in [0.1, 0.15) is 68.4 Å². The van der Waals surface area contributed by atoms with E-state index in [1.807, 2.05) is 18.7 Å². The Morgan fingerprint density at radius 1 is 1.35 bits per heavy atom. The largest absolute Gasteiger partial charge is 0.369 e. The zero-order valence-electron chi connectivity index (χ0n) is 12.9. The second-order valence-electron chi connectivity index (χ2n) is 5.55. The lowest BCUT2D eigenvalue weighted by Gasteiger charge is -2.26. The van der Waals surface area contributed by atoms with Crippen LogP contribution < -0.4 is 0 Å². The lowest BCUT2D eigenvalue weighted by Crippen LogP contribution is -2.34. The van der Waals surface area contributed by atoms with Crippen LogP contribution in [0.25, 0.3) is 0 Å². The summed E-state index contributed by atoms with van der Waals surface area (Å²) in [6.45, 7) is 9.79. The maximum absolute atomic E-state index is 12.7. The molecule has 1 amide bonds. The van der Waals surface area contributed by atoms with Gasteiger partial charge in [0.25, 0.3) is 5.91 Å². The van der Waals surface area contributed by atoms with Crippen LogP contribution >= 0.6 is 0 Å². The highest BCUT2D eigenvalue weighted by molar-refractivity contribution is 5.94. The van der Waals surface area contributed by atoms with E-state index in [-0.39, 0.29) is 18.1 Å². The second-order valence-corrected chi connectivity index (χ2v) is 5.55. The Bertz CT molecular complexity index is 464. The van der Waals surface area contributed by atoms with E-state index in [1.165, 1.54) is 0 Å². The first-order valence-corrected chi connectivity index (χ1v) is 7.60. The lowest BCUT2D eigenvalue weighted by atomic mass is 9.99. The molecule has 5 nitrogen and oxygen atoms in total. The highest BCUT2D eigenvalue weighted by Gasteiger charge is 2.30. The molecule has 0 bridgehead atoms. The first-order valence-electron chi connectivity index (χ1n) is 7.60. The standard InChI is InChI=1S/C15H25N3O2/c1-5-7-18(8-6-2)15(19)14-12-9-10(3)20-11(4)13(12)16-17-14/h10-11H,5-9H2,1-4H3,(H,16,17)/t10-,11+/m0/s1. The van der Waals surface area contributed by atoms with Crippen molar-refractivity contribution in [2.75, 3.05) is 13.1 Å². The molecule has 5 heteroatoms. The van der Waals surface area contributed by atoms with Crippen LogP contribution in [0.2, 0.25) is 0 Å². The number of hydrogen-bond donors (Lipinski definition) is 1. The Hall–Kier alpha value is -1.36. The third-order valence-corrected chi connectivity index (χ3v) is 3.71. The van der Waals surface area contributed by atoms with Crippen LogP contribution in [-0.2, 0) is 11.2 Å². The van der Waals surface area contributed by atoms with Crippen LogP contribution in [0.5, 0.6) is 0 Å². The molecule has 0 radical (unpaired) electrons. The molecule has 2 rings (SSSR count). The normalized spacial score (nSPS) is 21.6. The summed E-state index contributed by atoms with van der Waals surface area (Å²) in [7, 11) is 0. The summed E-state index contributed by atoms with van der Waals surface area (Å²) in [5.74, 6) is 0.0486. The molecule has 112 valence electrons. The van der Waals surface area contributed by atoms with E-state index in [1.54, 1.807) is 0 Å². The minimum atomic E-state index is -0.0198. The zero-order valence-corrected chi connectivity index (χ0v) is 12.9. The predicted octanol–water partition coefficient (Wildman–Crippen LogP) is 2.69. The second kappa shape index (κ2) is 6.39. The molecule has 1 aliphatic rings. The monoisotopic (exact) mass is 279 g/mol. The van der Waals surface area contributed by atoms with E-state index in [0.29, 0.717) is 5.69 Å². The van der Waals surface area contributed by atoms with Gasteiger partial charge in [0.05, 0.1) is 17.9 Å². The topological polar surface area (TPSA) is 58.2 Å². The fourth-order valence-corrected chi connectivity index (χ4v) is 2.86. The van der Waals surface area contributed by atoms with E-state index in [4.69, 9.17) is 4.74 Å². The first kappa shape index (κ1) is 15.0. The molecule has 0 aromatic carbocycles. The molecule has 0 saturated carbocycles. The number of nitrogens with zero attached hydrogens (tertiary/aromatic N) is 2. The van der Waals surface area contributed by atoms with Crippen molar-refractivity contribution >= 4 is 5.91 Å². The van der Waals surface area contributed by atoms with E-state index in [9.17, 15) is 4.79 Å². The summed E-state index contributed by atoms with van der Waals surface area (Å²) in [4.78, 5) is 14.6. The highest BCUT2D eigenvalue weighted by Crippen LogP contribution is 2.30. The number of H-pyrrole nitrogens is 1. The van der Waals surface area contributed by atoms with E-state index in [0.717, 1.165) is 43.6 Å². The van der Waals surface area contributed by atoms with Gasteiger partial charge in [0.1, 0.15) is 0 Å².